The van der Waals surface area contributed by atoms with Gasteiger partial charge >= 0.3 is 6.03 Å². The van der Waals surface area contributed by atoms with E-state index < -0.39 is 17.4 Å². The molecule has 1 N–H and O–H groups in total. The first-order valence-corrected chi connectivity index (χ1v) is 9.48. The van der Waals surface area contributed by atoms with E-state index in [0.717, 1.165) is 28.9 Å². The minimum Gasteiger partial charge on any atom is -0.497 e. The van der Waals surface area contributed by atoms with Crippen LogP contribution in [0.1, 0.15) is 34.3 Å². The zero-order valence-corrected chi connectivity index (χ0v) is 16.4. The fraction of sp³-hybridized carbons (Fsp3) is 0.318. The lowest BCUT2D eigenvalue weighted by atomic mass is 9.76. The molecule has 0 bridgehead atoms. The van der Waals surface area contributed by atoms with E-state index in [1.165, 1.54) is 14.2 Å². The van der Waals surface area contributed by atoms with Gasteiger partial charge in [0, 0.05) is 0 Å². The van der Waals surface area contributed by atoms with Crippen molar-refractivity contribution < 1.29 is 23.9 Å². The van der Waals surface area contributed by atoms with E-state index in [1.54, 1.807) is 18.2 Å². The maximum atomic E-state index is 13.3. The summed E-state index contributed by atoms with van der Waals surface area (Å²) in [5.41, 5.74) is 1.04. The Balaban J connectivity index is 1.64. The highest BCUT2D eigenvalue weighted by molar-refractivity contribution is 6.12. The number of carbonyl (C=O) groups excluding carboxylic acids is 3. The maximum absolute atomic E-state index is 13.3. The fourth-order valence-electron chi connectivity index (χ4n) is 4.22. The second-order valence-electron chi connectivity index (χ2n) is 7.23. The van der Waals surface area contributed by atoms with Gasteiger partial charge in [0.1, 0.15) is 17.0 Å². The molecule has 1 spiro atoms. The van der Waals surface area contributed by atoms with Crippen LogP contribution in [0.5, 0.6) is 11.5 Å². The summed E-state index contributed by atoms with van der Waals surface area (Å²) in [5.74, 6) is 0.0693. The number of ether oxygens (including phenoxy) is 2. The number of imide groups is 1. The Morgan fingerprint density at radius 1 is 1.14 bits per heavy atom. The molecule has 1 atom stereocenters. The Kier molecular flexibility index (Phi) is 4.74. The van der Waals surface area contributed by atoms with Crippen LogP contribution in [0, 0.1) is 0 Å². The Morgan fingerprint density at radius 3 is 2.69 bits per heavy atom. The molecular formula is C22H22N2O5. The highest BCUT2D eigenvalue weighted by Crippen LogP contribution is 2.40. The molecule has 29 heavy (non-hydrogen) atoms. The monoisotopic (exact) mass is 394 g/mol. The molecule has 0 unspecified atom stereocenters. The number of amides is 3. The minimum absolute atomic E-state index is 0.262. The fourth-order valence-corrected chi connectivity index (χ4v) is 4.22. The van der Waals surface area contributed by atoms with E-state index in [4.69, 9.17) is 9.47 Å². The van der Waals surface area contributed by atoms with Crippen molar-refractivity contribution in [2.75, 3.05) is 20.8 Å². The molecule has 1 aliphatic heterocycles. The largest absolute Gasteiger partial charge is 0.497 e. The third-order valence-corrected chi connectivity index (χ3v) is 5.66. The highest BCUT2D eigenvalue weighted by atomic mass is 16.5. The number of benzene rings is 2. The van der Waals surface area contributed by atoms with Crippen LogP contribution in [-0.2, 0) is 16.8 Å². The summed E-state index contributed by atoms with van der Waals surface area (Å²) in [6.07, 6.45) is 2.16. The van der Waals surface area contributed by atoms with Gasteiger partial charge < -0.3 is 14.8 Å². The zero-order chi connectivity index (χ0) is 20.6. The number of carbonyl (C=O) groups is 3. The van der Waals surface area contributed by atoms with Gasteiger partial charge in [-0.25, -0.2) is 4.79 Å². The summed E-state index contributed by atoms with van der Waals surface area (Å²) < 4.78 is 10.4. The second kappa shape index (κ2) is 7.24. The van der Waals surface area contributed by atoms with Crippen LogP contribution >= 0.6 is 0 Å². The van der Waals surface area contributed by atoms with Gasteiger partial charge in [-0.3, -0.25) is 14.5 Å². The molecule has 2 aliphatic rings. The van der Waals surface area contributed by atoms with Crippen LogP contribution in [0.15, 0.2) is 42.5 Å². The third-order valence-electron chi connectivity index (χ3n) is 5.66. The topological polar surface area (TPSA) is 84.9 Å². The second-order valence-corrected chi connectivity index (χ2v) is 7.23. The van der Waals surface area contributed by atoms with Crippen molar-refractivity contribution in [1.29, 1.82) is 0 Å². The molecule has 0 saturated carbocycles. The molecule has 0 radical (unpaired) electrons. The van der Waals surface area contributed by atoms with Crippen molar-refractivity contribution in [3.8, 4) is 11.5 Å². The maximum Gasteiger partial charge on any atom is 0.325 e. The van der Waals surface area contributed by atoms with Gasteiger partial charge in [0.05, 0.1) is 26.3 Å². The predicted octanol–water partition coefficient (Wildman–Crippen LogP) is 2.67. The van der Waals surface area contributed by atoms with Crippen LogP contribution in [0.25, 0.3) is 0 Å². The number of nitrogens with one attached hydrogen (secondary N) is 1. The third kappa shape index (κ3) is 3.03. The molecule has 7 heteroatoms. The molecule has 1 aliphatic carbocycles. The normalized spacial score (nSPS) is 20.4. The summed E-state index contributed by atoms with van der Waals surface area (Å²) in [7, 11) is 2.96. The van der Waals surface area contributed by atoms with Crippen molar-refractivity contribution in [2.24, 2.45) is 0 Å². The number of nitrogens with zero attached hydrogens (tertiary/aromatic N) is 1. The lowest BCUT2D eigenvalue weighted by Crippen LogP contribution is -2.46. The SMILES string of the molecule is COc1ccc(OC)c(C(=O)CN2C(=O)N[C@@]3(CCCc4ccccc43)C2=O)c1. The van der Waals surface area contributed by atoms with Gasteiger partial charge in [-0.05, 0) is 48.6 Å². The number of ketones is 1. The summed E-state index contributed by atoms with van der Waals surface area (Å²) in [6, 6.07) is 11.9. The molecule has 1 heterocycles. The first-order valence-electron chi connectivity index (χ1n) is 9.48. The molecule has 4 rings (SSSR count). The van der Waals surface area contributed by atoms with E-state index >= 15 is 0 Å². The number of aryl methyl sites for hydroxylation is 1. The van der Waals surface area contributed by atoms with Crippen LogP contribution in [-0.4, -0.2) is 43.4 Å². The van der Waals surface area contributed by atoms with E-state index in [2.05, 4.69) is 5.32 Å². The number of rotatable bonds is 5. The molecule has 150 valence electrons. The van der Waals surface area contributed by atoms with Gasteiger partial charge in [-0.2, -0.15) is 0 Å². The summed E-state index contributed by atoms with van der Waals surface area (Å²) in [6.45, 7) is -0.363. The molecule has 1 fully saturated rings. The van der Waals surface area contributed by atoms with Crippen molar-refractivity contribution in [2.45, 2.75) is 24.8 Å². The van der Waals surface area contributed by atoms with Gasteiger partial charge in [-0.1, -0.05) is 24.3 Å². The van der Waals surface area contributed by atoms with Gasteiger partial charge in [0.2, 0.25) is 0 Å². The van der Waals surface area contributed by atoms with Gasteiger partial charge in [0.15, 0.2) is 5.78 Å². The number of hydrogen-bond donors (Lipinski definition) is 1. The Morgan fingerprint density at radius 2 is 1.93 bits per heavy atom. The summed E-state index contributed by atoms with van der Waals surface area (Å²) >= 11 is 0. The van der Waals surface area contributed by atoms with Crippen molar-refractivity contribution in [1.82, 2.24) is 10.2 Å². The molecule has 2 aromatic carbocycles. The van der Waals surface area contributed by atoms with E-state index in [1.807, 2.05) is 24.3 Å². The number of hydrogen-bond acceptors (Lipinski definition) is 5. The van der Waals surface area contributed by atoms with Crippen LogP contribution in [0.4, 0.5) is 4.79 Å². The van der Waals surface area contributed by atoms with Crippen molar-refractivity contribution >= 4 is 17.7 Å². The Hall–Kier alpha value is -3.35. The van der Waals surface area contributed by atoms with Gasteiger partial charge in [0.25, 0.3) is 5.91 Å². The predicted molar refractivity (Wildman–Crippen MR) is 105 cm³/mol. The summed E-state index contributed by atoms with van der Waals surface area (Å²) in [5, 5.41) is 2.86. The summed E-state index contributed by atoms with van der Waals surface area (Å²) in [4.78, 5) is 40.0. The van der Waals surface area contributed by atoms with E-state index in [9.17, 15) is 14.4 Å². The lowest BCUT2D eigenvalue weighted by molar-refractivity contribution is -0.131. The van der Waals surface area contributed by atoms with E-state index in [0.29, 0.717) is 17.9 Å². The number of urea groups is 1. The smallest absolute Gasteiger partial charge is 0.325 e. The number of Topliss-reactive ketones (excluding diaryl/α,β-unsaturated/α-hetero) is 1. The number of methoxy groups -OCH3 is 2. The zero-order valence-electron chi connectivity index (χ0n) is 16.4. The quantitative estimate of drug-likeness (QED) is 0.623. The average Bonchev–Trinajstić information content (AvgIpc) is 2.98. The molecule has 3 amide bonds. The van der Waals surface area contributed by atoms with E-state index in [-0.39, 0.29) is 18.0 Å². The standard InChI is InChI=1S/C22H22N2O5/c1-28-15-9-10-19(29-2)16(12-15)18(25)13-24-20(26)22(23-21(24)27)11-5-7-14-6-3-4-8-17(14)22/h3-4,6,8-10,12H,5,7,11,13H2,1-2H3,(H,23,27)/t22-/m1/s1. The molecular weight excluding hydrogens is 372 g/mol. The molecule has 7 nitrogen and oxygen atoms in total. The first kappa shape index (κ1) is 19.0. The number of fused-ring (bicyclic) bond motifs is 2. The van der Waals surface area contributed by atoms with Crippen LogP contribution in [0.2, 0.25) is 0 Å². The average molecular weight is 394 g/mol. The van der Waals surface area contributed by atoms with Crippen LogP contribution in [0.3, 0.4) is 0 Å². The van der Waals surface area contributed by atoms with Crippen LogP contribution < -0.4 is 14.8 Å². The Labute approximate surface area is 168 Å². The molecule has 0 aromatic heterocycles. The first-order chi connectivity index (χ1) is 14.0. The highest BCUT2D eigenvalue weighted by Gasteiger charge is 2.54. The molecule has 1 saturated heterocycles. The van der Waals surface area contributed by atoms with Crippen molar-refractivity contribution in [3.05, 3.63) is 59.2 Å². The lowest BCUT2D eigenvalue weighted by Gasteiger charge is -2.33. The Bertz CT molecular complexity index is 1000. The minimum atomic E-state index is -1.09. The van der Waals surface area contributed by atoms with Crippen molar-refractivity contribution in [3.63, 3.8) is 0 Å². The van der Waals surface area contributed by atoms with Gasteiger partial charge in [-0.15, -0.1) is 0 Å². The molecule has 2 aromatic rings.